The number of benzene rings is 1. The Labute approximate surface area is 166 Å². The molecule has 1 aromatic heterocycles. The second kappa shape index (κ2) is 8.69. The lowest BCUT2D eigenvalue weighted by molar-refractivity contribution is 0.0932. The van der Waals surface area contributed by atoms with Gasteiger partial charge in [-0.15, -0.1) is 5.10 Å². The zero-order chi connectivity index (χ0) is 20.9. The highest BCUT2D eigenvalue weighted by atomic mass is 16.1. The first-order chi connectivity index (χ1) is 13.1. The molecular formula is C22H29N5O. The van der Waals surface area contributed by atoms with Gasteiger partial charge in [-0.05, 0) is 47.4 Å². The highest BCUT2D eigenvalue weighted by molar-refractivity contribution is 5.97. The van der Waals surface area contributed by atoms with E-state index in [1.807, 2.05) is 48.8 Å². The molecule has 0 unspecified atom stereocenters. The highest BCUT2D eigenvalue weighted by Crippen LogP contribution is 2.27. The van der Waals surface area contributed by atoms with Crippen LogP contribution in [0.2, 0.25) is 0 Å². The summed E-state index contributed by atoms with van der Waals surface area (Å²) in [4.78, 5) is 12.8. The van der Waals surface area contributed by atoms with Gasteiger partial charge in [0.25, 0.3) is 0 Å². The summed E-state index contributed by atoms with van der Waals surface area (Å²) < 4.78 is 1.97. The molecule has 0 saturated carbocycles. The number of Topliss-reactive ketones (excluding diaryl/α,β-unsaturated/α-hetero) is 1. The molecule has 0 radical (unpaired) electrons. The number of allylic oxidation sites excluding steroid dienone is 1. The van der Waals surface area contributed by atoms with Gasteiger partial charge in [0.15, 0.2) is 5.78 Å². The molecule has 0 aliphatic heterocycles. The molecular weight excluding hydrogens is 350 g/mol. The molecule has 2 aromatic rings. The van der Waals surface area contributed by atoms with E-state index < -0.39 is 0 Å². The van der Waals surface area contributed by atoms with E-state index in [-0.39, 0.29) is 23.1 Å². The number of nitrogens with zero attached hydrogens (tertiary/aromatic N) is 3. The van der Waals surface area contributed by atoms with E-state index in [0.29, 0.717) is 5.69 Å². The smallest absolute Gasteiger partial charge is 0.211 e. The largest absolute Gasteiger partial charge is 0.369 e. The van der Waals surface area contributed by atoms with E-state index in [4.69, 9.17) is 11.5 Å². The minimum atomic E-state index is -0.100. The molecule has 0 bridgehead atoms. The minimum absolute atomic E-state index is 0.00814. The molecule has 0 atom stereocenters. The molecule has 0 amide bonds. The maximum absolute atomic E-state index is 12.8. The lowest BCUT2D eigenvalue weighted by Crippen LogP contribution is -2.21. The third-order valence-corrected chi connectivity index (χ3v) is 4.25. The van der Waals surface area contributed by atoms with Crippen molar-refractivity contribution in [1.29, 1.82) is 0 Å². The van der Waals surface area contributed by atoms with Crippen molar-refractivity contribution in [2.75, 3.05) is 0 Å². The van der Waals surface area contributed by atoms with Gasteiger partial charge in [0.05, 0.1) is 5.69 Å². The van der Waals surface area contributed by atoms with E-state index in [0.717, 1.165) is 11.4 Å². The molecule has 1 heterocycles. The van der Waals surface area contributed by atoms with Crippen LogP contribution in [-0.2, 0) is 5.41 Å². The van der Waals surface area contributed by atoms with Crippen LogP contribution in [0.5, 0.6) is 0 Å². The molecule has 0 fully saturated rings. The number of hydrogen-bond donors (Lipinski definition) is 2. The van der Waals surface area contributed by atoms with E-state index >= 15 is 0 Å². The molecule has 6 nitrogen and oxygen atoms in total. The van der Waals surface area contributed by atoms with Crippen molar-refractivity contribution < 1.29 is 4.79 Å². The van der Waals surface area contributed by atoms with Crippen molar-refractivity contribution in [1.82, 2.24) is 4.57 Å². The Kier molecular flexibility index (Phi) is 6.57. The maximum atomic E-state index is 12.8. The lowest BCUT2D eigenvalue weighted by Gasteiger charge is -2.21. The van der Waals surface area contributed by atoms with Gasteiger partial charge in [-0.1, -0.05) is 46.8 Å². The SMILES string of the molecule is CC(C)C(=O)c1ccc(/C=C/C=N/N=C(N)N)n1-c1cccc(C(C)(C)C)c1. The quantitative estimate of drug-likeness (QED) is 0.345. The van der Waals surface area contributed by atoms with Crippen LogP contribution < -0.4 is 11.5 Å². The third-order valence-electron chi connectivity index (χ3n) is 4.25. The Balaban J connectivity index is 2.55. The number of nitrogens with two attached hydrogens (primary N) is 2. The Morgan fingerprint density at radius 2 is 1.86 bits per heavy atom. The van der Waals surface area contributed by atoms with Crippen molar-refractivity contribution in [3.8, 4) is 5.69 Å². The molecule has 6 heteroatoms. The van der Waals surface area contributed by atoms with Gasteiger partial charge in [-0.3, -0.25) is 4.79 Å². The summed E-state index contributed by atoms with van der Waals surface area (Å²) in [5, 5.41) is 7.32. The molecule has 0 saturated heterocycles. The molecule has 4 N–H and O–H groups in total. The summed E-state index contributed by atoms with van der Waals surface area (Å²) in [5.74, 6) is -0.105. The van der Waals surface area contributed by atoms with Gasteiger partial charge in [-0.25, -0.2) is 0 Å². The summed E-state index contributed by atoms with van der Waals surface area (Å²) in [6.45, 7) is 10.3. The van der Waals surface area contributed by atoms with Crippen molar-refractivity contribution in [2.45, 2.75) is 40.0 Å². The van der Waals surface area contributed by atoms with Crippen LogP contribution in [0.15, 0.2) is 52.7 Å². The van der Waals surface area contributed by atoms with Crippen LogP contribution in [0.1, 0.15) is 56.4 Å². The first-order valence-electron chi connectivity index (χ1n) is 9.26. The standard InChI is InChI=1S/C22H29N5O/c1-15(2)20(28)19-12-11-17(10-7-13-25-26-21(23)24)27(19)18-9-6-8-16(14-18)22(3,4)5/h6-15H,1-5H3,(H4,23,24,26)/b10-7+,25-13+. The van der Waals surface area contributed by atoms with E-state index in [9.17, 15) is 4.79 Å². The van der Waals surface area contributed by atoms with E-state index in [1.165, 1.54) is 11.8 Å². The second-order valence-corrected chi connectivity index (χ2v) is 7.95. The van der Waals surface area contributed by atoms with Gasteiger partial charge in [0.1, 0.15) is 0 Å². The fraction of sp³-hybridized carbons (Fsp3) is 0.318. The summed E-state index contributed by atoms with van der Waals surface area (Å²) in [6.07, 6.45) is 5.09. The molecule has 28 heavy (non-hydrogen) atoms. The topological polar surface area (TPSA) is 98.8 Å². The van der Waals surface area contributed by atoms with Crippen LogP contribution in [0.3, 0.4) is 0 Å². The summed E-state index contributed by atoms with van der Waals surface area (Å²) in [6, 6.07) is 12.0. The molecule has 0 aliphatic carbocycles. The third kappa shape index (κ3) is 5.19. The average molecular weight is 380 g/mol. The zero-order valence-corrected chi connectivity index (χ0v) is 17.2. The molecule has 148 valence electrons. The molecule has 0 spiro atoms. The first kappa shape index (κ1) is 21.2. The fourth-order valence-electron chi connectivity index (χ4n) is 2.75. The summed E-state index contributed by atoms with van der Waals surface area (Å²) in [7, 11) is 0. The molecule has 0 aliphatic rings. The summed E-state index contributed by atoms with van der Waals surface area (Å²) >= 11 is 0. The van der Waals surface area contributed by atoms with Crippen LogP contribution in [-0.4, -0.2) is 22.5 Å². The highest BCUT2D eigenvalue weighted by Gasteiger charge is 2.20. The van der Waals surface area contributed by atoms with Gasteiger partial charge < -0.3 is 16.0 Å². The lowest BCUT2D eigenvalue weighted by atomic mass is 9.87. The van der Waals surface area contributed by atoms with Gasteiger partial charge >= 0.3 is 0 Å². The second-order valence-electron chi connectivity index (χ2n) is 7.95. The van der Waals surface area contributed by atoms with E-state index in [1.54, 1.807) is 6.08 Å². The number of rotatable bonds is 6. The van der Waals surface area contributed by atoms with Crippen LogP contribution in [0, 0.1) is 5.92 Å². The monoisotopic (exact) mass is 379 g/mol. The predicted octanol–water partition coefficient (Wildman–Crippen LogP) is 3.89. The number of hydrogen-bond acceptors (Lipinski definition) is 3. The Morgan fingerprint density at radius 1 is 1.14 bits per heavy atom. The molecule has 1 aromatic carbocycles. The number of carbonyl (C=O) groups excluding carboxylic acids is 1. The predicted molar refractivity (Wildman–Crippen MR) is 117 cm³/mol. The van der Waals surface area contributed by atoms with Crippen molar-refractivity contribution in [3.05, 3.63) is 59.4 Å². The van der Waals surface area contributed by atoms with Gasteiger partial charge in [-0.2, -0.15) is 5.10 Å². The fourth-order valence-corrected chi connectivity index (χ4v) is 2.75. The van der Waals surface area contributed by atoms with Crippen LogP contribution in [0.4, 0.5) is 0 Å². The Bertz CT molecular complexity index is 923. The number of guanidine groups is 1. The van der Waals surface area contributed by atoms with Gasteiger partial charge in [0, 0.05) is 23.5 Å². The number of ketones is 1. The maximum Gasteiger partial charge on any atom is 0.211 e. The van der Waals surface area contributed by atoms with E-state index in [2.05, 4.69) is 43.1 Å². The minimum Gasteiger partial charge on any atom is -0.369 e. The Hall–Kier alpha value is -3.15. The normalized spacial score (nSPS) is 12.2. The van der Waals surface area contributed by atoms with Crippen molar-refractivity contribution in [3.63, 3.8) is 0 Å². The molecule has 2 rings (SSSR count). The summed E-state index contributed by atoms with van der Waals surface area (Å²) in [5.41, 5.74) is 14.2. The van der Waals surface area contributed by atoms with Crippen LogP contribution >= 0.6 is 0 Å². The van der Waals surface area contributed by atoms with Crippen molar-refractivity contribution in [2.24, 2.45) is 27.6 Å². The van der Waals surface area contributed by atoms with Crippen LogP contribution in [0.25, 0.3) is 11.8 Å². The first-order valence-corrected chi connectivity index (χ1v) is 9.26. The number of aromatic nitrogens is 1. The average Bonchev–Trinajstić information content (AvgIpc) is 3.03. The van der Waals surface area contributed by atoms with Crippen molar-refractivity contribution >= 4 is 24.0 Å². The number of carbonyl (C=O) groups is 1. The zero-order valence-electron chi connectivity index (χ0n) is 17.2. The van der Waals surface area contributed by atoms with Gasteiger partial charge in [0.2, 0.25) is 5.96 Å². The Morgan fingerprint density at radius 3 is 2.46 bits per heavy atom.